The van der Waals surface area contributed by atoms with Crippen LogP contribution in [0.4, 0.5) is 0 Å². The number of aliphatic carboxylic acids is 1. The Hall–Kier alpha value is -2.57. The number of benzene rings is 1. The molecule has 4 N–H and O–H groups in total. The van der Waals surface area contributed by atoms with E-state index in [1.54, 1.807) is 6.07 Å². The maximum absolute atomic E-state index is 11.9. The molecule has 1 rings (SSSR count). The number of amides is 2. The predicted molar refractivity (Wildman–Crippen MR) is 70.4 cm³/mol. The number of hydrogen-bond acceptors (Lipinski definition) is 4. The molecule has 1 aromatic carbocycles. The van der Waals surface area contributed by atoms with E-state index in [-0.39, 0.29) is 5.56 Å². The Kier molecular flexibility index (Phi) is 5.08. The van der Waals surface area contributed by atoms with Crippen LogP contribution in [0.5, 0.6) is 5.75 Å². The molecule has 0 aliphatic heterocycles. The molecular formula is C13H16N2O5. The average molecular weight is 280 g/mol. The second-order valence-electron chi connectivity index (χ2n) is 4.22. The topological polar surface area (TPSA) is 119 Å². The van der Waals surface area contributed by atoms with Crippen molar-refractivity contribution in [1.82, 2.24) is 5.32 Å². The van der Waals surface area contributed by atoms with Crippen molar-refractivity contribution in [2.45, 2.75) is 19.4 Å². The zero-order valence-electron chi connectivity index (χ0n) is 11.2. The van der Waals surface area contributed by atoms with E-state index in [0.717, 1.165) is 5.56 Å². The summed E-state index contributed by atoms with van der Waals surface area (Å²) in [6, 6.07) is 3.36. The Bertz CT molecular complexity index is 542. The highest BCUT2D eigenvalue weighted by Gasteiger charge is 2.23. The van der Waals surface area contributed by atoms with Crippen molar-refractivity contribution >= 4 is 17.8 Å². The fourth-order valence-electron chi connectivity index (χ4n) is 1.60. The van der Waals surface area contributed by atoms with Crippen LogP contribution in [-0.4, -0.2) is 36.0 Å². The maximum atomic E-state index is 11.9. The number of methoxy groups -OCH3 is 1. The first-order chi connectivity index (χ1) is 9.35. The van der Waals surface area contributed by atoms with E-state index in [1.165, 1.54) is 19.2 Å². The summed E-state index contributed by atoms with van der Waals surface area (Å²) in [6.45, 7) is 1.81. The number of carboxylic acid groups (broad SMARTS) is 1. The standard InChI is InChI=1S/C13H16N2O5/c1-7-3-4-8(5-10(7)20-2)12(17)15-9(13(18)19)6-11(14)16/h3-5,9H,6H2,1-2H3,(H2,14,16)(H,15,17)(H,18,19)/t9-/m1/s1. The minimum absolute atomic E-state index is 0.239. The monoisotopic (exact) mass is 280 g/mol. The molecule has 0 aliphatic rings. The highest BCUT2D eigenvalue weighted by Crippen LogP contribution is 2.19. The van der Waals surface area contributed by atoms with Gasteiger partial charge in [-0.15, -0.1) is 0 Å². The van der Waals surface area contributed by atoms with Gasteiger partial charge in [0.15, 0.2) is 0 Å². The third kappa shape index (κ3) is 3.98. The molecule has 2 amide bonds. The molecule has 0 unspecified atom stereocenters. The van der Waals surface area contributed by atoms with E-state index in [2.05, 4.69) is 5.32 Å². The molecule has 7 nitrogen and oxygen atoms in total. The molecule has 0 fully saturated rings. The van der Waals surface area contributed by atoms with Gasteiger partial charge in [0.05, 0.1) is 13.5 Å². The number of nitrogens with two attached hydrogens (primary N) is 1. The summed E-state index contributed by atoms with van der Waals surface area (Å²) >= 11 is 0. The number of ether oxygens (including phenoxy) is 1. The third-order valence-corrected chi connectivity index (χ3v) is 2.68. The fraction of sp³-hybridized carbons (Fsp3) is 0.308. The number of rotatable bonds is 6. The van der Waals surface area contributed by atoms with E-state index in [0.29, 0.717) is 5.75 Å². The highest BCUT2D eigenvalue weighted by molar-refractivity contribution is 5.98. The first kappa shape index (κ1) is 15.5. The molecule has 0 radical (unpaired) electrons. The molecule has 0 spiro atoms. The maximum Gasteiger partial charge on any atom is 0.326 e. The second kappa shape index (κ2) is 6.55. The lowest BCUT2D eigenvalue weighted by molar-refractivity contribution is -0.140. The van der Waals surface area contributed by atoms with Gasteiger partial charge >= 0.3 is 5.97 Å². The third-order valence-electron chi connectivity index (χ3n) is 2.68. The largest absolute Gasteiger partial charge is 0.496 e. The summed E-state index contributed by atoms with van der Waals surface area (Å²) in [6.07, 6.45) is -0.468. The Labute approximate surface area is 115 Å². The molecule has 7 heteroatoms. The normalized spacial score (nSPS) is 11.5. The lowest BCUT2D eigenvalue weighted by Crippen LogP contribution is -2.43. The molecule has 0 saturated heterocycles. The smallest absolute Gasteiger partial charge is 0.326 e. The highest BCUT2D eigenvalue weighted by atomic mass is 16.5. The van der Waals surface area contributed by atoms with Gasteiger partial charge in [0, 0.05) is 5.56 Å². The Morgan fingerprint density at radius 1 is 1.40 bits per heavy atom. The van der Waals surface area contributed by atoms with Crippen molar-refractivity contribution in [3.05, 3.63) is 29.3 Å². The first-order valence-corrected chi connectivity index (χ1v) is 5.81. The lowest BCUT2D eigenvalue weighted by atomic mass is 10.1. The zero-order chi connectivity index (χ0) is 15.3. The minimum Gasteiger partial charge on any atom is -0.496 e. The second-order valence-corrected chi connectivity index (χ2v) is 4.22. The average Bonchev–Trinajstić information content (AvgIpc) is 2.37. The summed E-state index contributed by atoms with van der Waals surface area (Å²) < 4.78 is 5.08. The SMILES string of the molecule is COc1cc(C(=O)N[C@H](CC(N)=O)C(=O)O)ccc1C. The fourth-order valence-corrected chi connectivity index (χ4v) is 1.60. The van der Waals surface area contributed by atoms with Crippen LogP contribution < -0.4 is 15.8 Å². The first-order valence-electron chi connectivity index (χ1n) is 5.81. The molecule has 1 atom stereocenters. The van der Waals surface area contributed by atoms with E-state index in [9.17, 15) is 14.4 Å². The van der Waals surface area contributed by atoms with Gasteiger partial charge in [-0.05, 0) is 24.6 Å². The van der Waals surface area contributed by atoms with Crippen molar-refractivity contribution in [2.75, 3.05) is 7.11 Å². The van der Waals surface area contributed by atoms with Crippen LogP contribution in [0, 0.1) is 6.92 Å². The van der Waals surface area contributed by atoms with Gasteiger partial charge in [-0.1, -0.05) is 6.07 Å². The molecule has 0 saturated carbocycles. The van der Waals surface area contributed by atoms with Crippen molar-refractivity contribution in [3.63, 3.8) is 0 Å². The predicted octanol–water partition coefficient (Wildman–Crippen LogP) is 0.0620. The van der Waals surface area contributed by atoms with Crippen molar-refractivity contribution in [2.24, 2.45) is 5.73 Å². The quantitative estimate of drug-likeness (QED) is 0.681. The van der Waals surface area contributed by atoms with Crippen LogP contribution in [0.3, 0.4) is 0 Å². The number of primary amides is 1. The van der Waals surface area contributed by atoms with E-state index in [1.807, 2.05) is 6.92 Å². The Morgan fingerprint density at radius 3 is 2.55 bits per heavy atom. The molecule has 0 heterocycles. The molecule has 0 aliphatic carbocycles. The summed E-state index contributed by atoms with van der Waals surface area (Å²) in [5.74, 6) is -2.23. The number of aryl methyl sites for hydroxylation is 1. The molecule has 0 bridgehead atoms. The number of carbonyl (C=O) groups excluding carboxylic acids is 2. The lowest BCUT2D eigenvalue weighted by Gasteiger charge is -2.13. The van der Waals surface area contributed by atoms with Gasteiger partial charge in [0.1, 0.15) is 11.8 Å². The number of carbonyl (C=O) groups is 3. The summed E-state index contributed by atoms with van der Waals surface area (Å²) in [4.78, 5) is 33.6. The number of carboxylic acids is 1. The Balaban J connectivity index is 2.88. The molecule has 20 heavy (non-hydrogen) atoms. The van der Waals surface area contributed by atoms with Crippen molar-refractivity contribution in [1.29, 1.82) is 0 Å². The Morgan fingerprint density at radius 2 is 2.05 bits per heavy atom. The van der Waals surface area contributed by atoms with Crippen LogP contribution in [0.25, 0.3) is 0 Å². The summed E-state index contributed by atoms with van der Waals surface area (Å²) in [7, 11) is 1.47. The van der Waals surface area contributed by atoms with Gasteiger partial charge in [-0.2, -0.15) is 0 Å². The van der Waals surface area contributed by atoms with Crippen LogP contribution in [0.1, 0.15) is 22.3 Å². The van der Waals surface area contributed by atoms with Gasteiger partial charge in [-0.3, -0.25) is 9.59 Å². The van der Waals surface area contributed by atoms with E-state index in [4.69, 9.17) is 15.6 Å². The number of nitrogens with one attached hydrogen (secondary N) is 1. The van der Waals surface area contributed by atoms with Crippen LogP contribution >= 0.6 is 0 Å². The summed E-state index contributed by atoms with van der Waals surface area (Å²) in [5.41, 5.74) is 6.02. The van der Waals surface area contributed by atoms with Crippen LogP contribution in [0.15, 0.2) is 18.2 Å². The van der Waals surface area contributed by atoms with E-state index >= 15 is 0 Å². The van der Waals surface area contributed by atoms with Gasteiger partial charge in [0.25, 0.3) is 5.91 Å². The molecule has 0 aromatic heterocycles. The van der Waals surface area contributed by atoms with Gasteiger partial charge in [0.2, 0.25) is 5.91 Å². The van der Waals surface area contributed by atoms with Gasteiger partial charge < -0.3 is 20.9 Å². The molecular weight excluding hydrogens is 264 g/mol. The molecule has 1 aromatic rings. The number of hydrogen-bond donors (Lipinski definition) is 3. The van der Waals surface area contributed by atoms with Crippen LogP contribution in [-0.2, 0) is 9.59 Å². The van der Waals surface area contributed by atoms with E-state index < -0.39 is 30.2 Å². The van der Waals surface area contributed by atoms with Crippen molar-refractivity contribution < 1.29 is 24.2 Å². The zero-order valence-corrected chi connectivity index (χ0v) is 11.2. The minimum atomic E-state index is -1.35. The van der Waals surface area contributed by atoms with Crippen molar-refractivity contribution in [3.8, 4) is 5.75 Å². The van der Waals surface area contributed by atoms with Crippen LogP contribution in [0.2, 0.25) is 0 Å². The summed E-state index contributed by atoms with van der Waals surface area (Å²) in [5, 5.41) is 11.2. The van der Waals surface area contributed by atoms with Gasteiger partial charge in [-0.25, -0.2) is 4.79 Å². The molecule has 108 valence electrons.